The van der Waals surface area contributed by atoms with E-state index < -0.39 is 0 Å². The molecule has 1 fully saturated rings. The Hall–Kier alpha value is -1.85. The number of esters is 1. The first-order valence-electron chi connectivity index (χ1n) is 9.40. The molecule has 4 rings (SSSR count). The third kappa shape index (κ3) is 3.14. The van der Waals surface area contributed by atoms with Crippen molar-refractivity contribution in [2.24, 2.45) is 0 Å². The lowest BCUT2D eigenvalue weighted by atomic mass is 9.74. The second kappa shape index (κ2) is 7.05. The molecule has 0 bridgehead atoms. The lowest BCUT2D eigenvalue weighted by Crippen LogP contribution is -2.44. The Balaban J connectivity index is 1.40. The van der Waals surface area contributed by atoms with Crippen LogP contribution >= 0.6 is 11.3 Å². The quantitative estimate of drug-likeness (QED) is 0.764. The summed E-state index contributed by atoms with van der Waals surface area (Å²) in [6, 6.07) is 12.8. The van der Waals surface area contributed by atoms with Gasteiger partial charge in [-0.1, -0.05) is 18.2 Å². The molecule has 3 heterocycles. The van der Waals surface area contributed by atoms with Gasteiger partial charge in [-0.05, 0) is 56.6 Å². The van der Waals surface area contributed by atoms with Crippen LogP contribution in [0.3, 0.4) is 0 Å². The zero-order valence-electron chi connectivity index (χ0n) is 15.5. The van der Waals surface area contributed by atoms with Crippen molar-refractivity contribution in [3.05, 3.63) is 51.7 Å². The van der Waals surface area contributed by atoms with Gasteiger partial charge in [-0.3, -0.25) is 4.90 Å². The van der Waals surface area contributed by atoms with Crippen LogP contribution in [0.5, 0.6) is 0 Å². The highest BCUT2D eigenvalue weighted by Gasteiger charge is 2.43. The van der Waals surface area contributed by atoms with Crippen molar-refractivity contribution in [2.75, 3.05) is 38.2 Å². The van der Waals surface area contributed by atoms with E-state index in [1.807, 2.05) is 13.0 Å². The number of ether oxygens (including phenoxy) is 1. The van der Waals surface area contributed by atoms with Gasteiger partial charge in [-0.15, -0.1) is 11.3 Å². The minimum Gasteiger partial charge on any atom is -0.462 e. The van der Waals surface area contributed by atoms with E-state index in [1.165, 1.54) is 29.0 Å². The number of benzene rings is 1. The van der Waals surface area contributed by atoms with Crippen molar-refractivity contribution in [2.45, 2.75) is 31.7 Å². The van der Waals surface area contributed by atoms with Gasteiger partial charge in [0.2, 0.25) is 0 Å². The zero-order chi connectivity index (χ0) is 18.1. The zero-order valence-corrected chi connectivity index (χ0v) is 16.3. The normalized spacial score (nSPS) is 18.9. The van der Waals surface area contributed by atoms with E-state index in [0.29, 0.717) is 16.9 Å². The Morgan fingerprint density at radius 2 is 1.96 bits per heavy atom. The molecule has 0 aliphatic carbocycles. The highest BCUT2D eigenvalue weighted by atomic mass is 32.1. The molecular formula is C21H26N2O2S. The second-order valence-corrected chi connectivity index (χ2v) is 8.58. The van der Waals surface area contributed by atoms with E-state index in [1.54, 1.807) is 11.3 Å². The number of nitrogens with zero attached hydrogens (tertiary/aromatic N) is 2. The van der Waals surface area contributed by atoms with Gasteiger partial charge in [0.15, 0.2) is 0 Å². The smallest absolute Gasteiger partial charge is 0.348 e. The Morgan fingerprint density at radius 3 is 2.73 bits per heavy atom. The van der Waals surface area contributed by atoms with E-state index in [4.69, 9.17) is 4.74 Å². The molecule has 1 aromatic heterocycles. The van der Waals surface area contributed by atoms with Crippen LogP contribution in [0.2, 0.25) is 0 Å². The lowest BCUT2D eigenvalue weighted by molar-refractivity contribution is 0.0532. The minimum absolute atomic E-state index is 0.202. The molecule has 1 aromatic carbocycles. The second-order valence-electron chi connectivity index (χ2n) is 7.42. The number of carbonyl (C=O) groups is 1. The maximum absolute atomic E-state index is 11.8. The predicted octanol–water partition coefficient (Wildman–Crippen LogP) is 3.91. The average molecular weight is 371 g/mol. The van der Waals surface area contributed by atoms with Crippen LogP contribution in [0.15, 0.2) is 36.4 Å². The molecule has 5 heteroatoms. The summed E-state index contributed by atoms with van der Waals surface area (Å²) in [5, 5.41) is 0. The van der Waals surface area contributed by atoms with Crippen molar-refractivity contribution < 1.29 is 9.53 Å². The average Bonchev–Trinajstić information content (AvgIpc) is 3.22. The summed E-state index contributed by atoms with van der Waals surface area (Å²) < 4.78 is 5.09. The first kappa shape index (κ1) is 17.6. The molecule has 0 radical (unpaired) electrons. The Bertz CT molecular complexity index is 793. The summed E-state index contributed by atoms with van der Waals surface area (Å²) in [6.45, 7) is 6.54. The van der Waals surface area contributed by atoms with Gasteiger partial charge >= 0.3 is 5.97 Å². The van der Waals surface area contributed by atoms with Crippen molar-refractivity contribution >= 4 is 23.0 Å². The number of para-hydroxylation sites is 1. The fourth-order valence-corrected chi connectivity index (χ4v) is 5.39. The van der Waals surface area contributed by atoms with Gasteiger partial charge in [-0.25, -0.2) is 4.79 Å². The van der Waals surface area contributed by atoms with Crippen LogP contribution in [0, 0.1) is 0 Å². The standard InChI is InChI=1S/C21H26N2O2S/c1-3-25-20(24)19-9-8-16(26-19)14-23-12-10-21(11-13-23)15-22(2)18-7-5-4-6-17(18)21/h4-9H,3,10-15H2,1-2H3. The molecule has 138 valence electrons. The van der Waals surface area contributed by atoms with Crippen LogP contribution in [0.25, 0.3) is 0 Å². The third-order valence-corrected chi connectivity index (χ3v) is 6.81. The molecule has 2 aromatic rings. The molecule has 0 N–H and O–H groups in total. The summed E-state index contributed by atoms with van der Waals surface area (Å²) in [5.74, 6) is -0.202. The van der Waals surface area contributed by atoms with Gasteiger partial charge < -0.3 is 9.64 Å². The number of hydrogen-bond donors (Lipinski definition) is 0. The molecule has 0 atom stereocenters. The molecule has 26 heavy (non-hydrogen) atoms. The number of piperidine rings is 1. The Morgan fingerprint density at radius 1 is 1.19 bits per heavy atom. The number of anilines is 1. The molecular weight excluding hydrogens is 344 g/mol. The van der Waals surface area contributed by atoms with Crippen molar-refractivity contribution in [3.8, 4) is 0 Å². The number of carbonyl (C=O) groups excluding carboxylic acids is 1. The number of rotatable bonds is 4. The molecule has 0 amide bonds. The summed E-state index contributed by atoms with van der Waals surface area (Å²) >= 11 is 1.56. The first-order valence-corrected chi connectivity index (χ1v) is 10.2. The van der Waals surface area contributed by atoms with Gasteiger partial charge in [0, 0.05) is 36.1 Å². The molecule has 2 aliphatic rings. The van der Waals surface area contributed by atoms with Crippen molar-refractivity contribution in [1.29, 1.82) is 0 Å². The topological polar surface area (TPSA) is 32.8 Å². The van der Waals surface area contributed by atoms with E-state index in [-0.39, 0.29) is 5.97 Å². The number of thiophene rings is 1. The fraction of sp³-hybridized carbons (Fsp3) is 0.476. The van der Waals surface area contributed by atoms with Gasteiger partial charge in [0.05, 0.1) is 6.61 Å². The van der Waals surface area contributed by atoms with E-state index in [9.17, 15) is 4.79 Å². The van der Waals surface area contributed by atoms with Crippen LogP contribution in [-0.2, 0) is 16.7 Å². The maximum atomic E-state index is 11.8. The van der Waals surface area contributed by atoms with Crippen molar-refractivity contribution in [3.63, 3.8) is 0 Å². The summed E-state index contributed by atoms with van der Waals surface area (Å²) in [7, 11) is 2.21. The van der Waals surface area contributed by atoms with E-state index >= 15 is 0 Å². The SMILES string of the molecule is CCOC(=O)c1ccc(CN2CCC3(CC2)CN(C)c2ccccc23)s1. The Kier molecular flexibility index (Phi) is 4.76. The van der Waals surface area contributed by atoms with Crippen LogP contribution in [0.1, 0.15) is 39.9 Å². The predicted molar refractivity (Wildman–Crippen MR) is 106 cm³/mol. The van der Waals surface area contributed by atoms with E-state index in [0.717, 1.165) is 26.2 Å². The fourth-order valence-electron chi connectivity index (χ4n) is 4.44. The molecule has 2 aliphatic heterocycles. The van der Waals surface area contributed by atoms with Crippen LogP contribution in [0.4, 0.5) is 5.69 Å². The minimum atomic E-state index is -0.202. The number of likely N-dealkylation sites (tertiary alicyclic amines) is 1. The first-order chi connectivity index (χ1) is 12.6. The highest BCUT2D eigenvalue weighted by molar-refractivity contribution is 7.13. The largest absolute Gasteiger partial charge is 0.462 e. The Labute approximate surface area is 159 Å². The van der Waals surface area contributed by atoms with E-state index in [2.05, 4.69) is 47.2 Å². The molecule has 1 spiro atoms. The van der Waals surface area contributed by atoms with Gasteiger partial charge in [-0.2, -0.15) is 0 Å². The number of likely N-dealkylation sites (N-methyl/N-ethyl adjacent to an activating group) is 1. The lowest BCUT2D eigenvalue weighted by Gasteiger charge is -2.39. The summed E-state index contributed by atoms with van der Waals surface area (Å²) in [5.41, 5.74) is 3.24. The van der Waals surface area contributed by atoms with Gasteiger partial charge in [0.1, 0.15) is 4.88 Å². The molecule has 0 unspecified atom stereocenters. The molecule has 0 saturated carbocycles. The van der Waals surface area contributed by atoms with Crippen molar-refractivity contribution in [1.82, 2.24) is 4.90 Å². The monoisotopic (exact) mass is 370 g/mol. The maximum Gasteiger partial charge on any atom is 0.348 e. The summed E-state index contributed by atoms with van der Waals surface area (Å²) in [6.07, 6.45) is 2.40. The van der Waals surface area contributed by atoms with Crippen LogP contribution < -0.4 is 4.90 Å². The number of hydrogen-bond acceptors (Lipinski definition) is 5. The van der Waals surface area contributed by atoms with Gasteiger partial charge in [0.25, 0.3) is 0 Å². The molecule has 4 nitrogen and oxygen atoms in total. The van der Waals surface area contributed by atoms with Crippen LogP contribution in [-0.4, -0.2) is 44.2 Å². The third-order valence-electron chi connectivity index (χ3n) is 5.76. The highest BCUT2D eigenvalue weighted by Crippen LogP contribution is 2.46. The number of fused-ring (bicyclic) bond motifs is 2. The summed E-state index contributed by atoms with van der Waals surface area (Å²) in [4.78, 5) is 18.7. The molecule has 1 saturated heterocycles.